The van der Waals surface area contributed by atoms with Gasteiger partial charge in [-0.1, -0.05) is 6.92 Å². The first-order chi connectivity index (χ1) is 4.90. The van der Waals surface area contributed by atoms with Gasteiger partial charge in [-0.3, -0.25) is 4.90 Å². The molecule has 1 rings (SSSR count). The maximum Gasteiger partial charge on any atom is 0.218 e. The fraction of sp³-hybridized carbons (Fsp3) is 1.00. The lowest BCUT2D eigenvalue weighted by Crippen LogP contribution is -2.75. The van der Waals surface area contributed by atoms with Crippen molar-refractivity contribution in [3.63, 3.8) is 0 Å². The third-order valence-corrected chi connectivity index (χ3v) is 2.55. The molecule has 0 aromatic rings. The van der Waals surface area contributed by atoms with Gasteiger partial charge in [0.15, 0.2) is 0 Å². The molecular formula is C8H19N2O+. The van der Waals surface area contributed by atoms with Crippen LogP contribution in [0, 0.1) is 0 Å². The van der Waals surface area contributed by atoms with Crippen molar-refractivity contribution in [1.82, 2.24) is 4.90 Å². The summed E-state index contributed by atoms with van der Waals surface area (Å²) >= 11 is 0. The van der Waals surface area contributed by atoms with Crippen molar-refractivity contribution in [2.45, 2.75) is 12.6 Å². The Morgan fingerprint density at radius 2 is 1.91 bits per heavy atom. The number of rotatable bonds is 2. The van der Waals surface area contributed by atoms with E-state index in [-0.39, 0.29) is 0 Å². The van der Waals surface area contributed by atoms with Gasteiger partial charge in [-0.25, -0.2) is 0 Å². The summed E-state index contributed by atoms with van der Waals surface area (Å²) in [7, 11) is 6.25. The molecule has 0 aromatic heterocycles. The van der Waals surface area contributed by atoms with Crippen molar-refractivity contribution in [2.75, 3.05) is 40.8 Å². The lowest BCUT2D eigenvalue weighted by atomic mass is 10.0. The summed E-state index contributed by atoms with van der Waals surface area (Å²) in [6, 6.07) is 0. The third-order valence-electron chi connectivity index (χ3n) is 2.55. The second-order valence-corrected chi connectivity index (χ2v) is 4.25. The van der Waals surface area contributed by atoms with Crippen LogP contribution in [0.3, 0.4) is 0 Å². The van der Waals surface area contributed by atoms with Crippen LogP contribution in [0.2, 0.25) is 0 Å². The minimum atomic E-state index is -0.530. The van der Waals surface area contributed by atoms with Crippen LogP contribution in [-0.2, 0) is 0 Å². The summed E-state index contributed by atoms with van der Waals surface area (Å²) in [5, 5.41) is 9.92. The van der Waals surface area contributed by atoms with Gasteiger partial charge in [0.2, 0.25) is 5.72 Å². The summed E-state index contributed by atoms with van der Waals surface area (Å²) in [4.78, 5) is 2.01. The highest BCUT2D eigenvalue weighted by molar-refractivity contribution is 4.83. The molecule has 0 unspecified atom stereocenters. The first kappa shape index (κ1) is 8.97. The Kier molecular flexibility index (Phi) is 1.99. The van der Waals surface area contributed by atoms with Gasteiger partial charge in [-0.2, -0.15) is 0 Å². The Bertz CT molecular complexity index is 148. The molecule has 0 radical (unpaired) electrons. The minimum absolute atomic E-state index is 0.530. The molecule has 0 aliphatic carbocycles. The van der Waals surface area contributed by atoms with Crippen LogP contribution in [0.4, 0.5) is 0 Å². The van der Waals surface area contributed by atoms with Crippen molar-refractivity contribution in [1.29, 1.82) is 0 Å². The SMILES string of the molecule is CCN(C)C1(O)C[N+](C)(C)C1. The molecule has 1 aliphatic rings. The summed E-state index contributed by atoms with van der Waals surface area (Å²) in [5.74, 6) is 0. The van der Waals surface area contributed by atoms with E-state index in [1.54, 1.807) is 0 Å². The van der Waals surface area contributed by atoms with Gasteiger partial charge in [-0.05, 0) is 13.6 Å². The average Bonchev–Trinajstić information content (AvgIpc) is 1.81. The zero-order valence-corrected chi connectivity index (χ0v) is 7.96. The van der Waals surface area contributed by atoms with Gasteiger partial charge in [0.05, 0.1) is 14.1 Å². The van der Waals surface area contributed by atoms with Crippen LogP contribution < -0.4 is 0 Å². The topological polar surface area (TPSA) is 23.5 Å². The molecule has 66 valence electrons. The molecule has 3 heteroatoms. The number of hydrogen-bond acceptors (Lipinski definition) is 2. The summed E-state index contributed by atoms with van der Waals surface area (Å²) in [6.45, 7) is 4.67. The molecule has 1 N–H and O–H groups in total. The van der Waals surface area contributed by atoms with E-state index >= 15 is 0 Å². The maximum absolute atomic E-state index is 9.92. The first-order valence-corrected chi connectivity index (χ1v) is 4.15. The van der Waals surface area contributed by atoms with Gasteiger partial charge in [0.1, 0.15) is 13.1 Å². The first-order valence-electron chi connectivity index (χ1n) is 4.15. The van der Waals surface area contributed by atoms with Gasteiger partial charge in [0, 0.05) is 0 Å². The second-order valence-electron chi connectivity index (χ2n) is 4.25. The molecule has 1 saturated heterocycles. The molecule has 1 heterocycles. The number of nitrogens with zero attached hydrogens (tertiary/aromatic N) is 2. The van der Waals surface area contributed by atoms with Crippen LogP contribution in [0.15, 0.2) is 0 Å². The van der Waals surface area contributed by atoms with Gasteiger partial charge >= 0.3 is 0 Å². The molecule has 0 bridgehead atoms. The Balaban J connectivity index is 2.49. The van der Waals surface area contributed by atoms with Crippen LogP contribution in [-0.4, -0.2) is 61.0 Å². The quantitative estimate of drug-likeness (QED) is 0.442. The van der Waals surface area contributed by atoms with Gasteiger partial charge in [-0.15, -0.1) is 0 Å². The highest BCUT2D eigenvalue weighted by Crippen LogP contribution is 2.27. The molecule has 0 amide bonds. The zero-order chi connectivity index (χ0) is 8.70. The largest absolute Gasteiger partial charge is 0.366 e. The summed E-state index contributed by atoms with van der Waals surface area (Å²) in [6.07, 6.45) is 0. The second kappa shape index (κ2) is 2.44. The molecule has 1 aliphatic heterocycles. The summed E-state index contributed by atoms with van der Waals surface area (Å²) in [5.41, 5.74) is -0.530. The van der Waals surface area contributed by atoms with Gasteiger partial charge in [0.25, 0.3) is 0 Å². The van der Waals surface area contributed by atoms with Crippen molar-refractivity contribution >= 4 is 0 Å². The Morgan fingerprint density at radius 1 is 1.45 bits per heavy atom. The van der Waals surface area contributed by atoms with Gasteiger partial charge < -0.3 is 9.59 Å². The van der Waals surface area contributed by atoms with Crippen molar-refractivity contribution in [3.8, 4) is 0 Å². The predicted molar refractivity (Wildman–Crippen MR) is 45.1 cm³/mol. The molecule has 0 aromatic carbocycles. The molecule has 0 spiro atoms. The fourth-order valence-corrected chi connectivity index (χ4v) is 1.86. The highest BCUT2D eigenvalue weighted by Gasteiger charge is 2.52. The number of aliphatic hydroxyl groups is 1. The molecule has 3 nitrogen and oxygen atoms in total. The van der Waals surface area contributed by atoms with E-state index in [9.17, 15) is 5.11 Å². The maximum atomic E-state index is 9.92. The fourth-order valence-electron chi connectivity index (χ4n) is 1.86. The van der Waals surface area contributed by atoms with E-state index in [0.29, 0.717) is 0 Å². The number of quaternary nitrogens is 1. The Labute approximate surface area is 68.8 Å². The monoisotopic (exact) mass is 159 g/mol. The van der Waals surface area contributed by atoms with E-state index in [1.807, 2.05) is 11.9 Å². The molecular weight excluding hydrogens is 140 g/mol. The smallest absolute Gasteiger partial charge is 0.218 e. The molecule has 0 saturated carbocycles. The molecule has 0 atom stereocenters. The van der Waals surface area contributed by atoms with Crippen molar-refractivity contribution in [3.05, 3.63) is 0 Å². The average molecular weight is 159 g/mol. The zero-order valence-electron chi connectivity index (χ0n) is 7.96. The number of hydrogen-bond donors (Lipinski definition) is 1. The van der Waals surface area contributed by atoms with Crippen LogP contribution in [0.5, 0.6) is 0 Å². The molecule has 1 fully saturated rings. The van der Waals surface area contributed by atoms with Crippen molar-refractivity contribution < 1.29 is 9.59 Å². The van der Waals surface area contributed by atoms with E-state index < -0.39 is 5.72 Å². The number of likely N-dealkylation sites (tertiary alicyclic amines) is 1. The summed E-state index contributed by atoms with van der Waals surface area (Å²) < 4.78 is 0.931. The lowest BCUT2D eigenvalue weighted by molar-refractivity contribution is -0.954. The van der Waals surface area contributed by atoms with Crippen LogP contribution in [0.1, 0.15) is 6.92 Å². The predicted octanol–water partition coefficient (Wildman–Crippen LogP) is -0.283. The lowest BCUT2D eigenvalue weighted by Gasteiger charge is -2.53. The normalized spacial score (nSPS) is 26.7. The Hall–Kier alpha value is -0.120. The third kappa shape index (κ3) is 1.55. The minimum Gasteiger partial charge on any atom is -0.366 e. The molecule has 11 heavy (non-hydrogen) atoms. The van der Waals surface area contributed by atoms with E-state index in [0.717, 1.165) is 24.1 Å². The Morgan fingerprint density at radius 3 is 2.18 bits per heavy atom. The highest BCUT2D eigenvalue weighted by atomic mass is 16.3. The van der Waals surface area contributed by atoms with Crippen molar-refractivity contribution in [2.24, 2.45) is 0 Å². The van der Waals surface area contributed by atoms with E-state index in [4.69, 9.17) is 0 Å². The number of likely N-dealkylation sites (N-methyl/N-ethyl adjacent to an activating group) is 2. The van der Waals surface area contributed by atoms with Crippen LogP contribution in [0.25, 0.3) is 0 Å². The standard InChI is InChI=1S/C8H19N2O/c1-5-9(2)8(11)6-10(3,4)7-8/h11H,5-7H2,1-4H3/q+1. The van der Waals surface area contributed by atoms with E-state index in [2.05, 4.69) is 21.0 Å². The van der Waals surface area contributed by atoms with Crippen LogP contribution >= 0.6 is 0 Å². The van der Waals surface area contributed by atoms with E-state index in [1.165, 1.54) is 0 Å².